The Bertz CT molecular complexity index is 1230. The summed E-state index contributed by atoms with van der Waals surface area (Å²) in [6, 6.07) is 13.8. The second-order valence-electron chi connectivity index (χ2n) is 7.71. The van der Waals surface area contributed by atoms with Gasteiger partial charge in [-0.25, -0.2) is 0 Å². The molecule has 0 radical (unpaired) electrons. The van der Waals surface area contributed by atoms with Crippen molar-refractivity contribution in [2.24, 2.45) is 0 Å². The number of thiocarbonyl (C=S) groups is 1. The smallest absolute Gasteiger partial charge is 0.416 e. The van der Waals surface area contributed by atoms with E-state index in [1.807, 2.05) is 17.5 Å². The lowest BCUT2D eigenvalue weighted by molar-refractivity contribution is -0.137. The van der Waals surface area contributed by atoms with Crippen molar-refractivity contribution in [3.63, 3.8) is 0 Å². The number of anilines is 2. The molecule has 11 heteroatoms. The van der Waals surface area contributed by atoms with Crippen LogP contribution >= 0.6 is 23.6 Å². The van der Waals surface area contributed by atoms with E-state index >= 15 is 0 Å². The number of ether oxygens (including phenoxy) is 1. The van der Waals surface area contributed by atoms with Crippen LogP contribution < -0.4 is 15.0 Å². The molecule has 1 unspecified atom stereocenters. The highest BCUT2D eigenvalue weighted by atomic mass is 32.1. The molecule has 0 saturated carbocycles. The highest BCUT2D eigenvalue weighted by Crippen LogP contribution is 2.35. The van der Waals surface area contributed by atoms with Crippen LogP contribution in [0.15, 0.2) is 66.0 Å². The predicted molar refractivity (Wildman–Crippen MR) is 131 cm³/mol. The predicted octanol–water partition coefficient (Wildman–Crippen LogP) is 5.31. The Hall–Kier alpha value is -3.44. The molecule has 2 heterocycles. The normalized spacial score (nSPS) is 16.1. The van der Waals surface area contributed by atoms with Crippen LogP contribution in [0, 0.1) is 0 Å². The Kier molecular flexibility index (Phi) is 7.08. The zero-order valence-electron chi connectivity index (χ0n) is 18.4. The van der Waals surface area contributed by atoms with E-state index in [0.29, 0.717) is 11.4 Å². The fraction of sp³-hybridized carbons (Fsp3) is 0.208. The maximum Gasteiger partial charge on any atom is 0.416 e. The monoisotopic (exact) mass is 519 g/mol. The van der Waals surface area contributed by atoms with Crippen molar-refractivity contribution in [2.75, 3.05) is 17.3 Å². The summed E-state index contributed by atoms with van der Waals surface area (Å²) in [5.41, 5.74) is -0.372. The Labute approximate surface area is 208 Å². The van der Waals surface area contributed by atoms with E-state index in [1.54, 1.807) is 29.2 Å². The lowest BCUT2D eigenvalue weighted by Crippen LogP contribution is -2.37. The molecule has 1 N–H and O–H groups in total. The average molecular weight is 520 g/mol. The van der Waals surface area contributed by atoms with Crippen molar-refractivity contribution in [2.45, 2.75) is 25.2 Å². The van der Waals surface area contributed by atoms with E-state index in [9.17, 15) is 22.8 Å². The molecule has 0 aliphatic carbocycles. The summed E-state index contributed by atoms with van der Waals surface area (Å²) in [5, 5.41) is 4.65. The zero-order chi connectivity index (χ0) is 25.2. The van der Waals surface area contributed by atoms with Crippen LogP contribution in [0.4, 0.5) is 24.5 Å². The average Bonchev–Trinajstić information content (AvgIpc) is 3.42. The number of nitrogens with one attached hydrogen (secondary N) is 1. The Morgan fingerprint density at radius 2 is 1.89 bits per heavy atom. The van der Waals surface area contributed by atoms with Gasteiger partial charge in [0, 0.05) is 10.6 Å². The van der Waals surface area contributed by atoms with Gasteiger partial charge in [0.15, 0.2) is 5.11 Å². The SMILES string of the molecule is COc1ccc(NC(=O)CC2C(=O)N(c3cccc(C(F)(F)F)c3)C(=S)N2Cc2cccs2)cc1. The van der Waals surface area contributed by atoms with Crippen molar-refractivity contribution in [1.29, 1.82) is 0 Å². The molecule has 1 aromatic heterocycles. The minimum absolute atomic E-state index is 0.00377. The quantitative estimate of drug-likeness (QED) is 0.429. The molecule has 0 bridgehead atoms. The van der Waals surface area contributed by atoms with Crippen LogP contribution in [0.5, 0.6) is 5.75 Å². The summed E-state index contributed by atoms with van der Waals surface area (Å²) in [6.07, 6.45) is -4.81. The highest BCUT2D eigenvalue weighted by Gasteiger charge is 2.44. The van der Waals surface area contributed by atoms with E-state index in [2.05, 4.69) is 5.32 Å². The molecule has 4 rings (SSSR count). The molecule has 35 heavy (non-hydrogen) atoms. The molecule has 6 nitrogen and oxygen atoms in total. The topological polar surface area (TPSA) is 61.9 Å². The van der Waals surface area contributed by atoms with Crippen LogP contribution in [0.25, 0.3) is 0 Å². The molecule has 1 fully saturated rings. The minimum Gasteiger partial charge on any atom is -0.497 e. The lowest BCUT2D eigenvalue weighted by atomic mass is 10.1. The zero-order valence-corrected chi connectivity index (χ0v) is 20.0. The Morgan fingerprint density at radius 3 is 2.51 bits per heavy atom. The number of carbonyl (C=O) groups excluding carboxylic acids is 2. The van der Waals surface area contributed by atoms with E-state index in [0.717, 1.165) is 21.9 Å². The van der Waals surface area contributed by atoms with Gasteiger partial charge in [0.2, 0.25) is 5.91 Å². The number of thiophene rings is 1. The number of methoxy groups -OCH3 is 1. The number of halogens is 3. The van der Waals surface area contributed by atoms with Crippen LogP contribution in [0.3, 0.4) is 0 Å². The first-order chi connectivity index (χ1) is 16.7. The summed E-state index contributed by atoms with van der Waals surface area (Å²) in [5.74, 6) is -0.368. The number of nitrogens with zero attached hydrogens (tertiary/aromatic N) is 2. The van der Waals surface area contributed by atoms with Gasteiger partial charge in [-0.05, 0) is 66.1 Å². The summed E-state index contributed by atoms with van der Waals surface area (Å²) in [7, 11) is 1.53. The standard InChI is InChI=1S/C24H20F3N3O3S2/c1-33-18-9-7-16(8-10-18)28-21(31)13-20-22(32)30(17-5-2-4-15(12-17)24(25,26)27)23(34)29(20)14-19-6-3-11-35-19/h2-12,20H,13-14H2,1H3,(H,28,31). The lowest BCUT2D eigenvalue weighted by Gasteiger charge is -2.23. The van der Waals surface area contributed by atoms with Gasteiger partial charge in [-0.15, -0.1) is 11.3 Å². The second-order valence-corrected chi connectivity index (χ2v) is 9.11. The number of hydrogen-bond acceptors (Lipinski definition) is 5. The van der Waals surface area contributed by atoms with E-state index in [1.165, 1.54) is 30.6 Å². The van der Waals surface area contributed by atoms with E-state index in [-0.39, 0.29) is 23.8 Å². The highest BCUT2D eigenvalue weighted by molar-refractivity contribution is 7.80. The van der Waals surface area contributed by atoms with Crippen molar-refractivity contribution < 1.29 is 27.5 Å². The molecule has 1 atom stereocenters. The molecule has 1 saturated heterocycles. The third-order valence-electron chi connectivity index (χ3n) is 5.41. The minimum atomic E-state index is -4.57. The van der Waals surface area contributed by atoms with Gasteiger partial charge >= 0.3 is 6.18 Å². The fourth-order valence-corrected chi connectivity index (χ4v) is 4.79. The number of carbonyl (C=O) groups is 2. The molecular weight excluding hydrogens is 499 g/mol. The molecule has 1 aliphatic heterocycles. The second kappa shape index (κ2) is 10.0. The van der Waals surface area contributed by atoms with Gasteiger partial charge in [-0.3, -0.25) is 14.5 Å². The third kappa shape index (κ3) is 5.46. The molecule has 1 aliphatic rings. The van der Waals surface area contributed by atoms with Crippen LogP contribution in [-0.2, 0) is 22.3 Å². The third-order valence-corrected chi connectivity index (χ3v) is 6.69. The van der Waals surface area contributed by atoms with Crippen LogP contribution in [0.1, 0.15) is 16.9 Å². The Balaban J connectivity index is 1.60. The van der Waals surface area contributed by atoms with E-state index < -0.39 is 29.6 Å². The number of amides is 2. The van der Waals surface area contributed by atoms with Gasteiger partial charge < -0.3 is 15.0 Å². The van der Waals surface area contributed by atoms with Crippen molar-refractivity contribution >= 4 is 51.9 Å². The molecule has 0 spiro atoms. The first-order valence-corrected chi connectivity index (χ1v) is 11.7. The van der Waals surface area contributed by atoms with Crippen LogP contribution in [0.2, 0.25) is 0 Å². The molecule has 2 amide bonds. The summed E-state index contributed by atoms with van der Waals surface area (Å²) in [4.78, 5) is 29.8. The first-order valence-electron chi connectivity index (χ1n) is 10.5. The van der Waals surface area contributed by atoms with Crippen molar-refractivity contribution in [3.05, 3.63) is 76.5 Å². The summed E-state index contributed by atoms with van der Waals surface area (Å²) in [6.45, 7) is 0.248. The van der Waals surface area contributed by atoms with E-state index in [4.69, 9.17) is 17.0 Å². The molecule has 2 aromatic carbocycles. The maximum atomic E-state index is 13.4. The maximum absolute atomic E-state index is 13.4. The first kappa shape index (κ1) is 24.7. The number of hydrogen-bond donors (Lipinski definition) is 1. The number of benzene rings is 2. The van der Waals surface area contributed by atoms with Gasteiger partial charge in [0.1, 0.15) is 11.8 Å². The van der Waals surface area contributed by atoms with Gasteiger partial charge in [0.05, 0.1) is 31.3 Å². The molecule has 182 valence electrons. The Morgan fingerprint density at radius 1 is 1.14 bits per heavy atom. The van der Waals surface area contributed by atoms with Crippen molar-refractivity contribution in [1.82, 2.24) is 4.90 Å². The van der Waals surface area contributed by atoms with Gasteiger partial charge in [0.25, 0.3) is 5.91 Å². The fourth-order valence-electron chi connectivity index (χ4n) is 3.71. The number of alkyl halides is 3. The largest absolute Gasteiger partial charge is 0.497 e. The molecular formula is C24H20F3N3O3S2. The number of rotatable bonds is 7. The summed E-state index contributed by atoms with van der Waals surface area (Å²) < 4.78 is 44.9. The van der Waals surface area contributed by atoms with Crippen LogP contribution in [-0.4, -0.2) is 35.0 Å². The van der Waals surface area contributed by atoms with Crippen molar-refractivity contribution in [3.8, 4) is 5.75 Å². The van der Waals surface area contributed by atoms with Gasteiger partial charge in [-0.2, -0.15) is 13.2 Å². The molecule has 3 aromatic rings. The summed E-state index contributed by atoms with van der Waals surface area (Å²) >= 11 is 6.98. The van der Waals surface area contributed by atoms with Gasteiger partial charge in [-0.1, -0.05) is 12.1 Å².